The number of aromatic nitrogens is 8. The number of alkyl halides is 6. The van der Waals surface area contributed by atoms with Gasteiger partial charge in [0.15, 0.2) is 11.3 Å². The molecule has 1 N–H and O–H groups in total. The van der Waals surface area contributed by atoms with Crippen LogP contribution in [0.1, 0.15) is 22.3 Å². The Balaban J connectivity index is 0.000000184. The largest absolute Gasteiger partial charge is 0.481 e. The van der Waals surface area contributed by atoms with Gasteiger partial charge in [-0.25, -0.2) is 9.97 Å². The van der Waals surface area contributed by atoms with Gasteiger partial charge < -0.3 is 27.7 Å². The highest BCUT2D eigenvalue weighted by Gasteiger charge is 2.33. The van der Waals surface area contributed by atoms with Crippen LogP contribution in [-0.4, -0.2) is 63.2 Å². The van der Waals surface area contributed by atoms with Gasteiger partial charge in [-0.1, -0.05) is 68.8 Å². The van der Waals surface area contributed by atoms with E-state index in [1.54, 1.807) is 30.3 Å². The topological polar surface area (TPSA) is 176 Å². The number of methoxy groups -OCH3 is 1. The van der Waals surface area contributed by atoms with Crippen LogP contribution < -0.4 is 0 Å². The summed E-state index contributed by atoms with van der Waals surface area (Å²) in [4.78, 5) is 38.9. The molecule has 0 saturated carbocycles. The fourth-order valence-electron chi connectivity index (χ4n) is 5.62. The van der Waals surface area contributed by atoms with Gasteiger partial charge in [0.05, 0.1) is 51.2 Å². The van der Waals surface area contributed by atoms with Crippen molar-refractivity contribution in [1.29, 1.82) is 0 Å². The summed E-state index contributed by atoms with van der Waals surface area (Å²) in [5, 5.41) is 16.7. The third kappa shape index (κ3) is 9.41. The molecule has 0 aliphatic rings. The summed E-state index contributed by atoms with van der Waals surface area (Å²) in [7, 11) is 1.29. The Hall–Kier alpha value is -6.22. The predicted molar refractivity (Wildman–Crippen MR) is 205 cm³/mol. The zero-order chi connectivity index (χ0) is 44.0. The molecule has 6 heterocycles. The Morgan fingerprint density at radius 1 is 0.639 bits per heavy atom. The molecule has 6 aromatic heterocycles. The molecular weight excluding hydrogens is 908 g/mol. The summed E-state index contributed by atoms with van der Waals surface area (Å²) in [5.74, 6) is -1.24. The monoisotopic (exact) mass is 926 g/mol. The molecule has 314 valence electrons. The second-order valence-corrected chi connectivity index (χ2v) is 14.3. The van der Waals surface area contributed by atoms with Gasteiger partial charge in [-0.2, -0.15) is 36.3 Å². The lowest BCUT2D eigenvalue weighted by molar-refractivity contribution is -0.140. The normalized spacial score (nSPS) is 11.9. The van der Waals surface area contributed by atoms with E-state index >= 15 is 0 Å². The molecule has 0 saturated heterocycles. The number of carbonyl (C=O) groups is 2. The van der Waals surface area contributed by atoms with Gasteiger partial charge >= 0.3 is 24.3 Å². The Kier molecular flexibility index (Phi) is 11.7. The average molecular weight is 928 g/mol. The van der Waals surface area contributed by atoms with E-state index in [4.69, 9.17) is 60.6 Å². The molecule has 0 amide bonds. The van der Waals surface area contributed by atoms with Crippen molar-refractivity contribution in [3.63, 3.8) is 0 Å². The molecule has 0 bridgehead atoms. The van der Waals surface area contributed by atoms with E-state index in [2.05, 4.69) is 35.0 Å². The molecule has 0 spiro atoms. The van der Waals surface area contributed by atoms with E-state index in [1.807, 2.05) is 0 Å². The van der Waals surface area contributed by atoms with E-state index < -0.39 is 35.4 Å². The van der Waals surface area contributed by atoms with Crippen LogP contribution in [0.25, 0.3) is 57.2 Å². The fraction of sp³-hybridized carbons (Fsp3) is 0.135. The highest BCUT2D eigenvalue weighted by molar-refractivity contribution is 6.34. The van der Waals surface area contributed by atoms with Crippen molar-refractivity contribution >= 4 is 69.6 Å². The van der Waals surface area contributed by atoms with E-state index in [9.17, 15) is 35.9 Å². The Bertz CT molecular complexity index is 2980. The predicted octanol–water partition coefficient (Wildman–Crippen LogP) is 10.1. The number of carboxylic acids is 1. The van der Waals surface area contributed by atoms with Gasteiger partial charge in [-0.05, 0) is 47.5 Å². The van der Waals surface area contributed by atoms with Crippen LogP contribution in [0.15, 0.2) is 82.4 Å². The molecular formula is C37H20Cl4F6N8O6. The van der Waals surface area contributed by atoms with Gasteiger partial charge in [0.25, 0.3) is 11.8 Å². The molecule has 14 nitrogen and oxygen atoms in total. The van der Waals surface area contributed by atoms with Crippen LogP contribution in [0, 0.1) is 0 Å². The quantitative estimate of drug-likeness (QED) is 0.113. The number of fused-ring (bicyclic) bond motifs is 2. The zero-order valence-electron chi connectivity index (χ0n) is 30.2. The molecule has 8 rings (SSSR count). The molecule has 2 aromatic carbocycles. The van der Waals surface area contributed by atoms with Gasteiger partial charge in [-0.15, -0.1) is 0 Å². The number of carboxylic acid groups (broad SMARTS) is 1. The number of halogens is 10. The number of benzene rings is 2. The third-order valence-corrected chi connectivity index (χ3v) is 9.62. The van der Waals surface area contributed by atoms with Crippen molar-refractivity contribution in [2.24, 2.45) is 0 Å². The summed E-state index contributed by atoms with van der Waals surface area (Å²) in [6.07, 6.45) is -4.96. The van der Waals surface area contributed by atoms with Crippen LogP contribution in [0.2, 0.25) is 20.1 Å². The summed E-state index contributed by atoms with van der Waals surface area (Å²) < 4.78 is 95.2. The number of hydrogen-bond acceptors (Lipinski definition) is 11. The van der Waals surface area contributed by atoms with Crippen LogP contribution in [0.5, 0.6) is 0 Å². The summed E-state index contributed by atoms with van der Waals surface area (Å²) >= 11 is 24.3. The minimum absolute atomic E-state index is 0.0296. The SMILES string of the molecule is COC(=O)Cc1ccc(-c2noc(-c3cn4cc(C(F)(F)F)cc(Cl)c4n3)n2)c(Cl)c1.O=C(O)Cc1ccc(-c2noc(-c3cn4cc(C(F)(F)F)cc(Cl)c4n3)n2)c(Cl)c1. The van der Waals surface area contributed by atoms with E-state index in [0.29, 0.717) is 22.3 Å². The van der Waals surface area contributed by atoms with Crippen LogP contribution in [-0.2, 0) is 39.5 Å². The van der Waals surface area contributed by atoms with Crippen molar-refractivity contribution in [3.05, 3.63) is 116 Å². The molecule has 61 heavy (non-hydrogen) atoms. The number of rotatable bonds is 8. The highest BCUT2D eigenvalue weighted by Crippen LogP contribution is 2.36. The summed E-state index contributed by atoms with van der Waals surface area (Å²) in [6.45, 7) is 0. The lowest BCUT2D eigenvalue weighted by Gasteiger charge is -2.07. The highest BCUT2D eigenvalue weighted by atomic mass is 35.5. The third-order valence-electron chi connectivity index (χ3n) is 8.44. The zero-order valence-corrected chi connectivity index (χ0v) is 33.2. The first-order valence-corrected chi connectivity index (χ1v) is 18.3. The minimum Gasteiger partial charge on any atom is -0.481 e. The molecule has 0 unspecified atom stereocenters. The standard InChI is InChI=1S/C19H11Cl2F3N4O3.C18H9Cl2F3N4O3/c1-30-15(29)5-9-2-3-11(12(20)4-9)16-26-18(31-27-16)14-8-28-7-10(19(22,23)24)6-13(21)17(28)25-14;19-11-3-8(4-14(28)29)1-2-10(11)15-25-17(30-26-15)13-7-27-6-9(18(21,22)23)5-12(20)16(27)24-13/h2-4,6-8H,5H2,1H3;1-3,5-7H,4H2,(H,28,29). The summed E-state index contributed by atoms with van der Waals surface area (Å²) in [5.41, 5.74) is 0.572. The summed E-state index contributed by atoms with van der Waals surface area (Å²) in [6, 6.07) is 11.0. The van der Waals surface area contributed by atoms with Crippen LogP contribution in [0.4, 0.5) is 26.3 Å². The van der Waals surface area contributed by atoms with Crippen molar-refractivity contribution in [3.8, 4) is 45.9 Å². The van der Waals surface area contributed by atoms with Gasteiger partial charge in [0.2, 0.25) is 11.6 Å². The number of pyridine rings is 2. The number of carbonyl (C=O) groups excluding carboxylic acids is 1. The van der Waals surface area contributed by atoms with Crippen LogP contribution >= 0.6 is 46.4 Å². The van der Waals surface area contributed by atoms with Crippen molar-refractivity contribution in [1.82, 2.24) is 39.1 Å². The molecule has 24 heteroatoms. The smallest absolute Gasteiger partial charge is 0.417 e. The average Bonchev–Trinajstić information content (AvgIpc) is 4.00. The van der Waals surface area contributed by atoms with Crippen molar-refractivity contribution in [2.75, 3.05) is 7.11 Å². The van der Waals surface area contributed by atoms with Gasteiger partial charge in [0, 0.05) is 35.9 Å². The fourth-order valence-corrected chi connectivity index (χ4v) is 6.71. The number of esters is 1. The number of ether oxygens (including phenoxy) is 1. The maximum atomic E-state index is 13.0. The van der Waals surface area contributed by atoms with Crippen LogP contribution in [0.3, 0.4) is 0 Å². The van der Waals surface area contributed by atoms with E-state index in [-0.39, 0.29) is 79.0 Å². The van der Waals surface area contributed by atoms with Gasteiger partial charge in [0.1, 0.15) is 11.4 Å². The molecule has 0 fully saturated rings. The van der Waals surface area contributed by atoms with Crippen molar-refractivity contribution < 1.29 is 54.8 Å². The maximum Gasteiger partial charge on any atom is 0.417 e. The Morgan fingerprint density at radius 2 is 1.07 bits per heavy atom. The molecule has 0 aliphatic carbocycles. The Morgan fingerprint density at radius 3 is 1.44 bits per heavy atom. The minimum atomic E-state index is -4.57. The second kappa shape index (κ2) is 16.7. The number of aliphatic carboxylic acids is 1. The van der Waals surface area contributed by atoms with E-state index in [0.717, 1.165) is 33.3 Å². The number of hydrogen-bond donors (Lipinski definition) is 1. The molecule has 8 aromatic rings. The second-order valence-electron chi connectivity index (χ2n) is 12.7. The first-order chi connectivity index (χ1) is 28.8. The van der Waals surface area contributed by atoms with E-state index in [1.165, 1.54) is 25.6 Å². The lowest BCUT2D eigenvalue weighted by atomic mass is 10.1. The molecule has 0 atom stereocenters. The first-order valence-electron chi connectivity index (χ1n) is 16.8. The maximum absolute atomic E-state index is 13.0. The first kappa shape index (κ1) is 42.9. The lowest BCUT2D eigenvalue weighted by Crippen LogP contribution is -2.06. The van der Waals surface area contributed by atoms with Crippen molar-refractivity contribution in [2.45, 2.75) is 25.2 Å². The molecule has 0 aliphatic heterocycles. The Labute approximate surface area is 356 Å². The number of nitrogens with zero attached hydrogens (tertiary/aromatic N) is 8. The molecule has 0 radical (unpaired) electrons. The van der Waals surface area contributed by atoms with Gasteiger partial charge in [-0.3, -0.25) is 9.59 Å². The number of imidazole rings is 2.